The average Bonchev–Trinajstić information content (AvgIpc) is 2.47. The summed E-state index contributed by atoms with van der Waals surface area (Å²) in [6.45, 7) is 2.39. The van der Waals surface area contributed by atoms with Crippen LogP contribution in [-0.2, 0) is 0 Å². The largest absolute Gasteiger partial charge is 0.352 e. The number of aromatic nitrogens is 2. The quantitative estimate of drug-likeness (QED) is 0.869. The van der Waals surface area contributed by atoms with Crippen molar-refractivity contribution in [3.63, 3.8) is 0 Å². The van der Waals surface area contributed by atoms with E-state index in [9.17, 15) is 9.59 Å². The fourth-order valence-corrected chi connectivity index (χ4v) is 1.76. The van der Waals surface area contributed by atoms with Gasteiger partial charge in [0.25, 0.3) is 11.5 Å². The number of nitrogens with zero attached hydrogens (tertiary/aromatic N) is 2. The molecule has 1 amide bonds. The van der Waals surface area contributed by atoms with Crippen molar-refractivity contribution in [2.24, 2.45) is 0 Å². The van der Waals surface area contributed by atoms with Crippen LogP contribution in [0.5, 0.6) is 0 Å². The molecular weight excluding hydrogens is 256 g/mol. The first-order valence-electron chi connectivity index (χ1n) is 6.03. The van der Waals surface area contributed by atoms with Gasteiger partial charge >= 0.3 is 0 Å². The molecule has 0 saturated heterocycles. The van der Waals surface area contributed by atoms with E-state index < -0.39 is 5.56 Å². The monoisotopic (exact) mass is 268 g/mol. The minimum absolute atomic E-state index is 0.0433. The zero-order valence-electron chi connectivity index (χ0n) is 10.8. The first kappa shape index (κ1) is 13.5. The number of carbonyl (C=O) groups excluding carboxylic acids is 1. The van der Waals surface area contributed by atoms with E-state index in [2.05, 4.69) is 15.3 Å². The Hall–Kier alpha value is -2.94. The van der Waals surface area contributed by atoms with E-state index in [4.69, 9.17) is 5.26 Å². The van der Waals surface area contributed by atoms with Crippen LogP contribution in [0.2, 0.25) is 0 Å². The molecule has 20 heavy (non-hydrogen) atoms. The lowest BCUT2D eigenvalue weighted by Gasteiger charge is -2.05. The van der Waals surface area contributed by atoms with Crippen LogP contribution in [0.3, 0.4) is 0 Å². The van der Waals surface area contributed by atoms with E-state index in [0.717, 1.165) is 0 Å². The molecule has 0 unspecified atom stereocenters. The molecule has 1 aromatic carbocycles. The Morgan fingerprint density at radius 2 is 2.10 bits per heavy atom. The van der Waals surface area contributed by atoms with E-state index in [-0.39, 0.29) is 11.5 Å². The van der Waals surface area contributed by atoms with Crippen molar-refractivity contribution in [2.75, 3.05) is 6.54 Å². The molecule has 0 fully saturated rings. The summed E-state index contributed by atoms with van der Waals surface area (Å²) >= 11 is 0. The second kappa shape index (κ2) is 5.80. The van der Waals surface area contributed by atoms with Crippen molar-refractivity contribution >= 4 is 5.91 Å². The van der Waals surface area contributed by atoms with Gasteiger partial charge in [0.05, 0.1) is 12.0 Å². The average molecular weight is 268 g/mol. The summed E-state index contributed by atoms with van der Waals surface area (Å²) in [5, 5.41) is 11.7. The molecule has 6 heteroatoms. The molecule has 2 N–H and O–H groups in total. The zero-order valence-corrected chi connectivity index (χ0v) is 10.8. The number of aromatic amines is 1. The SMILES string of the molecule is CCNC(=O)c1ccc(-c2nc[nH]c(=O)c2C#N)cc1. The minimum Gasteiger partial charge on any atom is -0.352 e. The van der Waals surface area contributed by atoms with E-state index in [0.29, 0.717) is 23.4 Å². The summed E-state index contributed by atoms with van der Waals surface area (Å²) in [7, 11) is 0. The van der Waals surface area contributed by atoms with Gasteiger partial charge in [0.15, 0.2) is 0 Å². The van der Waals surface area contributed by atoms with Gasteiger partial charge in [0.2, 0.25) is 0 Å². The second-order valence-electron chi connectivity index (χ2n) is 4.00. The Bertz CT molecular complexity index is 726. The fraction of sp³-hybridized carbons (Fsp3) is 0.143. The highest BCUT2D eigenvalue weighted by Crippen LogP contribution is 2.18. The number of carbonyl (C=O) groups is 1. The Kier molecular flexibility index (Phi) is 3.91. The van der Waals surface area contributed by atoms with Crippen LogP contribution in [0.25, 0.3) is 11.3 Å². The molecule has 100 valence electrons. The van der Waals surface area contributed by atoms with Gasteiger partial charge in [-0.05, 0) is 19.1 Å². The number of nitrogens with one attached hydrogen (secondary N) is 2. The van der Waals surface area contributed by atoms with Crippen LogP contribution in [0, 0.1) is 11.3 Å². The predicted molar refractivity (Wildman–Crippen MR) is 73.0 cm³/mol. The second-order valence-corrected chi connectivity index (χ2v) is 4.00. The van der Waals surface area contributed by atoms with Crippen molar-refractivity contribution in [3.05, 3.63) is 52.1 Å². The van der Waals surface area contributed by atoms with Crippen molar-refractivity contribution < 1.29 is 4.79 Å². The lowest BCUT2D eigenvalue weighted by Crippen LogP contribution is -2.22. The number of hydrogen-bond acceptors (Lipinski definition) is 4. The lowest BCUT2D eigenvalue weighted by molar-refractivity contribution is 0.0956. The summed E-state index contributed by atoms with van der Waals surface area (Å²) in [4.78, 5) is 29.5. The highest BCUT2D eigenvalue weighted by atomic mass is 16.1. The van der Waals surface area contributed by atoms with Crippen LogP contribution in [0.4, 0.5) is 0 Å². The Balaban J connectivity index is 2.41. The van der Waals surface area contributed by atoms with Gasteiger partial charge in [0.1, 0.15) is 11.6 Å². The van der Waals surface area contributed by atoms with E-state index >= 15 is 0 Å². The fourth-order valence-electron chi connectivity index (χ4n) is 1.76. The maximum absolute atomic E-state index is 11.6. The van der Waals surface area contributed by atoms with E-state index in [1.54, 1.807) is 24.3 Å². The van der Waals surface area contributed by atoms with Crippen LogP contribution in [-0.4, -0.2) is 22.4 Å². The lowest BCUT2D eigenvalue weighted by atomic mass is 10.1. The van der Waals surface area contributed by atoms with Gasteiger partial charge in [-0.2, -0.15) is 5.26 Å². The van der Waals surface area contributed by atoms with Crippen LogP contribution >= 0.6 is 0 Å². The van der Waals surface area contributed by atoms with Crippen molar-refractivity contribution in [2.45, 2.75) is 6.92 Å². The van der Waals surface area contributed by atoms with Gasteiger partial charge < -0.3 is 10.3 Å². The molecule has 1 heterocycles. The Labute approximate surface area is 115 Å². The molecule has 0 aliphatic rings. The Morgan fingerprint density at radius 3 is 2.70 bits per heavy atom. The van der Waals surface area contributed by atoms with Gasteiger partial charge in [-0.15, -0.1) is 0 Å². The van der Waals surface area contributed by atoms with Crippen molar-refractivity contribution in [1.29, 1.82) is 5.26 Å². The summed E-state index contributed by atoms with van der Waals surface area (Å²) in [5.41, 5.74) is 0.905. The topological polar surface area (TPSA) is 98.6 Å². The number of amides is 1. The molecule has 0 atom stereocenters. The summed E-state index contributed by atoms with van der Waals surface area (Å²) in [6.07, 6.45) is 1.25. The number of hydrogen-bond donors (Lipinski definition) is 2. The predicted octanol–water partition coefficient (Wildman–Crippen LogP) is 1.06. The number of rotatable bonds is 3. The molecule has 1 aromatic heterocycles. The van der Waals surface area contributed by atoms with Gasteiger partial charge in [-0.1, -0.05) is 12.1 Å². The normalized spacial score (nSPS) is 9.80. The number of H-pyrrole nitrogens is 1. The maximum atomic E-state index is 11.6. The highest BCUT2D eigenvalue weighted by molar-refractivity contribution is 5.94. The molecule has 0 aliphatic heterocycles. The summed E-state index contributed by atoms with van der Waals surface area (Å²) < 4.78 is 0. The molecule has 6 nitrogen and oxygen atoms in total. The molecule has 0 radical (unpaired) electrons. The van der Waals surface area contributed by atoms with Crippen LogP contribution < -0.4 is 10.9 Å². The first-order chi connectivity index (χ1) is 9.67. The van der Waals surface area contributed by atoms with Gasteiger partial charge in [0, 0.05) is 17.7 Å². The summed E-state index contributed by atoms with van der Waals surface area (Å²) in [5.74, 6) is -0.168. The molecule has 0 aliphatic carbocycles. The molecule has 0 saturated carbocycles. The van der Waals surface area contributed by atoms with Crippen molar-refractivity contribution in [1.82, 2.24) is 15.3 Å². The standard InChI is InChI=1S/C14H12N4O2/c1-2-16-13(19)10-5-3-9(4-6-10)12-11(7-15)14(20)18-8-17-12/h3-6,8H,2H2,1H3,(H,16,19)(H,17,18,20). The number of benzene rings is 1. The smallest absolute Gasteiger partial charge is 0.269 e. The summed E-state index contributed by atoms with van der Waals surface area (Å²) in [6, 6.07) is 8.41. The molecule has 2 aromatic rings. The van der Waals surface area contributed by atoms with Gasteiger partial charge in [-0.25, -0.2) is 4.98 Å². The molecule has 2 rings (SSSR count). The van der Waals surface area contributed by atoms with Gasteiger partial charge in [-0.3, -0.25) is 9.59 Å². The maximum Gasteiger partial charge on any atom is 0.269 e. The third-order valence-electron chi connectivity index (χ3n) is 2.72. The van der Waals surface area contributed by atoms with Crippen LogP contribution in [0.1, 0.15) is 22.8 Å². The van der Waals surface area contributed by atoms with Crippen molar-refractivity contribution in [3.8, 4) is 17.3 Å². The zero-order chi connectivity index (χ0) is 14.5. The third-order valence-corrected chi connectivity index (χ3v) is 2.72. The molecular formula is C14H12N4O2. The first-order valence-corrected chi connectivity index (χ1v) is 6.03. The van der Waals surface area contributed by atoms with Crippen LogP contribution in [0.15, 0.2) is 35.4 Å². The van der Waals surface area contributed by atoms with E-state index in [1.807, 2.05) is 13.0 Å². The molecule has 0 spiro atoms. The van der Waals surface area contributed by atoms with E-state index in [1.165, 1.54) is 6.33 Å². The number of nitriles is 1. The highest BCUT2D eigenvalue weighted by Gasteiger charge is 2.11. The minimum atomic E-state index is -0.481. The molecule has 0 bridgehead atoms. The third kappa shape index (κ3) is 2.57. The Morgan fingerprint density at radius 1 is 1.40 bits per heavy atom.